The van der Waals surface area contributed by atoms with Gasteiger partial charge >= 0.3 is 0 Å². The molecule has 0 fully saturated rings. The lowest BCUT2D eigenvalue weighted by Gasteiger charge is -2.28. The van der Waals surface area contributed by atoms with Crippen LogP contribution >= 0.6 is 11.6 Å². The zero-order chi connectivity index (χ0) is 10.5. The van der Waals surface area contributed by atoms with E-state index in [1.807, 2.05) is 0 Å². The molecule has 0 saturated carbocycles. The van der Waals surface area contributed by atoms with E-state index in [0.29, 0.717) is 0 Å². The highest BCUT2D eigenvalue weighted by Crippen LogP contribution is 2.27. The summed E-state index contributed by atoms with van der Waals surface area (Å²) in [5.74, 6) is 0.770. The first-order valence-corrected chi connectivity index (χ1v) is 8.23. The molecule has 0 aliphatic carbocycles. The van der Waals surface area contributed by atoms with Crippen LogP contribution in [0.5, 0.6) is 0 Å². The van der Waals surface area contributed by atoms with E-state index in [4.69, 9.17) is 11.6 Å². The maximum absolute atomic E-state index is 5.72. The summed E-state index contributed by atoms with van der Waals surface area (Å²) in [5, 5.41) is 1.38. The third-order valence-electron chi connectivity index (χ3n) is 2.58. The van der Waals surface area contributed by atoms with E-state index in [9.17, 15) is 0 Å². The average Bonchev–Trinajstić information content (AvgIpc) is 1.99. The second-order valence-electron chi connectivity index (χ2n) is 4.27. The number of hydrogen-bond donors (Lipinski definition) is 0. The average molecular weight is 217 g/mol. The molecule has 0 aliphatic heterocycles. The Morgan fingerprint density at radius 1 is 1.31 bits per heavy atom. The molecule has 0 N–H and O–H groups in total. The van der Waals surface area contributed by atoms with Gasteiger partial charge in [-0.05, 0) is 26.3 Å². The quantitative estimate of drug-likeness (QED) is 0.351. The van der Waals surface area contributed by atoms with E-state index < -0.39 is 8.07 Å². The van der Waals surface area contributed by atoms with Gasteiger partial charge in [0.2, 0.25) is 0 Å². The first kappa shape index (κ1) is 13.0. The third kappa shape index (κ3) is 4.68. The first-order chi connectivity index (χ1) is 5.92. The lowest BCUT2D eigenvalue weighted by molar-refractivity contribution is 1.04. The number of halogens is 1. The zero-order valence-corrected chi connectivity index (χ0v) is 10.9. The largest absolute Gasteiger partial charge is 0.127 e. The lowest BCUT2D eigenvalue weighted by atomic mass is 10.4. The van der Waals surface area contributed by atoms with Crippen LogP contribution in [0.25, 0.3) is 0 Å². The van der Waals surface area contributed by atoms with Crippen molar-refractivity contribution >= 4 is 19.7 Å². The van der Waals surface area contributed by atoms with E-state index >= 15 is 0 Å². The van der Waals surface area contributed by atoms with E-state index in [1.54, 1.807) is 0 Å². The molecule has 0 aromatic rings. The highest BCUT2D eigenvalue weighted by atomic mass is 35.5. The molecule has 0 saturated heterocycles. The molecular weight excluding hydrogens is 196 g/mol. The normalized spacial score (nSPS) is 15.1. The first-order valence-electron chi connectivity index (χ1n) is 4.79. The summed E-state index contributed by atoms with van der Waals surface area (Å²) >= 11 is 5.72. The Labute approximate surface area is 88.7 Å². The monoisotopic (exact) mass is 216 g/mol. The summed E-state index contributed by atoms with van der Waals surface area (Å²) in [7, 11) is -1.29. The topological polar surface area (TPSA) is 0 Å². The van der Waals surface area contributed by atoms with Crippen molar-refractivity contribution in [3.63, 3.8) is 0 Å². The van der Waals surface area contributed by atoms with Gasteiger partial charge in [-0.15, -0.1) is 24.8 Å². The summed E-state index contributed by atoms with van der Waals surface area (Å²) in [5.41, 5.74) is 1.28. The van der Waals surface area contributed by atoms with Crippen LogP contribution in [0.1, 0.15) is 20.3 Å². The molecule has 0 aliphatic rings. The van der Waals surface area contributed by atoms with Crippen LogP contribution < -0.4 is 0 Å². The highest BCUT2D eigenvalue weighted by molar-refractivity contribution is 6.85. The number of rotatable bonds is 6. The van der Waals surface area contributed by atoms with E-state index in [1.165, 1.54) is 22.9 Å². The van der Waals surface area contributed by atoms with Gasteiger partial charge in [-0.1, -0.05) is 23.4 Å². The second-order valence-corrected chi connectivity index (χ2v) is 9.47. The maximum Gasteiger partial charge on any atom is 0.0813 e. The van der Waals surface area contributed by atoms with Crippen molar-refractivity contribution in [2.24, 2.45) is 0 Å². The minimum atomic E-state index is -1.29. The van der Waals surface area contributed by atoms with Crippen LogP contribution in [0.15, 0.2) is 23.9 Å². The van der Waals surface area contributed by atoms with Crippen molar-refractivity contribution in [1.82, 2.24) is 0 Å². The molecule has 1 unspecified atom stereocenters. The summed E-state index contributed by atoms with van der Waals surface area (Å²) in [6.07, 6.45) is 1.12. The molecule has 13 heavy (non-hydrogen) atoms. The van der Waals surface area contributed by atoms with Crippen molar-refractivity contribution < 1.29 is 0 Å². The summed E-state index contributed by atoms with van der Waals surface area (Å²) < 4.78 is 0. The Kier molecular flexibility index (Phi) is 5.66. The van der Waals surface area contributed by atoms with Crippen molar-refractivity contribution in [2.45, 2.75) is 38.9 Å². The van der Waals surface area contributed by atoms with Gasteiger partial charge in [0.1, 0.15) is 0 Å². The van der Waals surface area contributed by atoms with Gasteiger partial charge in [0, 0.05) is 5.88 Å². The molecule has 76 valence electrons. The minimum absolute atomic E-state index is 0.770. The Balaban J connectivity index is 4.34. The van der Waals surface area contributed by atoms with Gasteiger partial charge in [-0.25, -0.2) is 0 Å². The second kappa shape index (κ2) is 5.66. The van der Waals surface area contributed by atoms with Crippen LogP contribution in [0.3, 0.4) is 0 Å². The van der Waals surface area contributed by atoms with Crippen LogP contribution in [0, 0.1) is 0 Å². The van der Waals surface area contributed by atoms with E-state index in [2.05, 4.69) is 33.6 Å². The van der Waals surface area contributed by atoms with Gasteiger partial charge in [0.25, 0.3) is 0 Å². The van der Waals surface area contributed by atoms with Crippen molar-refractivity contribution in [1.29, 1.82) is 0 Å². The van der Waals surface area contributed by atoms with Gasteiger partial charge in [-0.3, -0.25) is 0 Å². The summed E-state index contributed by atoms with van der Waals surface area (Å²) in [4.78, 5) is 0. The molecule has 0 rings (SSSR count). The molecule has 0 bridgehead atoms. The molecule has 0 aromatic heterocycles. The van der Waals surface area contributed by atoms with Gasteiger partial charge < -0.3 is 0 Å². The van der Waals surface area contributed by atoms with Gasteiger partial charge in [0.05, 0.1) is 8.07 Å². The molecule has 0 aromatic carbocycles. The minimum Gasteiger partial charge on any atom is -0.127 e. The number of alkyl halides is 1. The zero-order valence-electron chi connectivity index (χ0n) is 9.12. The summed E-state index contributed by atoms with van der Waals surface area (Å²) in [6, 6.07) is 2.41. The van der Waals surface area contributed by atoms with Gasteiger partial charge in [-0.2, -0.15) is 0 Å². The van der Waals surface area contributed by atoms with Crippen LogP contribution in [-0.2, 0) is 0 Å². The fourth-order valence-corrected chi connectivity index (χ4v) is 5.13. The van der Waals surface area contributed by atoms with Crippen molar-refractivity contribution in [2.75, 3.05) is 5.88 Å². The molecule has 0 nitrogen and oxygen atoms in total. The molecule has 2 heteroatoms. The molecule has 0 spiro atoms. The van der Waals surface area contributed by atoms with Crippen LogP contribution in [-0.4, -0.2) is 14.0 Å². The Hall–Kier alpha value is -0.0131. The van der Waals surface area contributed by atoms with E-state index in [0.717, 1.165) is 12.3 Å². The van der Waals surface area contributed by atoms with E-state index in [-0.39, 0.29) is 0 Å². The lowest BCUT2D eigenvalue weighted by Crippen LogP contribution is -2.31. The van der Waals surface area contributed by atoms with Crippen LogP contribution in [0.4, 0.5) is 0 Å². The SMILES string of the molecule is C=C(C)C[Si](C)(CCCCl)C(=C)C. The Morgan fingerprint density at radius 3 is 2.15 bits per heavy atom. The molecule has 0 amide bonds. The fourth-order valence-electron chi connectivity index (χ4n) is 1.58. The Bertz CT molecular complexity index is 198. The predicted octanol–water partition coefficient (Wildman–Crippen LogP) is 4.39. The standard InChI is InChI=1S/C11H21ClSi/c1-10(2)9-13(5,11(3)4)8-6-7-12/h1,3,6-9H2,2,4-5H3. The van der Waals surface area contributed by atoms with Crippen LogP contribution in [0.2, 0.25) is 18.6 Å². The molecule has 0 radical (unpaired) electrons. The maximum atomic E-state index is 5.72. The molecule has 1 atom stereocenters. The predicted molar refractivity (Wildman–Crippen MR) is 66.2 cm³/mol. The Morgan fingerprint density at radius 2 is 1.85 bits per heavy atom. The number of hydrogen-bond acceptors (Lipinski definition) is 0. The molecule has 0 heterocycles. The highest BCUT2D eigenvalue weighted by Gasteiger charge is 2.27. The number of allylic oxidation sites excluding steroid dienone is 2. The third-order valence-corrected chi connectivity index (χ3v) is 7.75. The smallest absolute Gasteiger partial charge is 0.0813 e. The van der Waals surface area contributed by atoms with Crippen molar-refractivity contribution in [3.05, 3.63) is 23.9 Å². The fraction of sp³-hybridized carbons (Fsp3) is 0.636. The van der Waals surface area contributed by atoms with Crippen molar-refractivity contribution in [3.8, 4) is 0 Å². The summed E-state index contributed by atoms with van der Waals surface area (Å²) in [6.45, 7) is 14.7. The molecular formula is C11H21ClSi. The van der Waals surface area contributed by atoms with Gasteiger partial charge in [0.15, 0.2) is 0 Å².